The highest BCUT2D eigenvalue weighted by Crippen LogP contribution is 2.37. The summed E-state index contributed by atoms with van der Waals surface area (Å²) in [6.07, 6.45) is 0. The van der Waals surface area contributed by atoms with Gasteiger partial charge in [-0.3, -0.25) is 4.79 Å². The number of hydrogen-bond donors (Lipinski definition) is 1. The number of rotatable bonds is 4. The van der Waals surface area contributed by atoms with Crippen LogP contribution in [0.2, 0.25) is 0 Å². The molecule has 0 bridgehead atoms. The number of amides is 1. The van der Waals surface area contributed by atoms with Crippen LogP contribution in [0.15, 0.2) is 60.7 Å². The van der Waals surface area contributed by atoms with E-state index in [0.717, 1.165) is 27.8 Å². The normalized spacial score (nSPS) is 10.6. The van der Waals surface area contributed by atoms with E-state index in [2.05, 4.69) is 33.3 Å². The Hall–Kier alpha value is -3.01. The fourth-order valence-corrected chi connectivity index (χ4v) is 3.01. The first-order chi connectivity index (χ1) is 12.0. The zero-order valence-electron chi connectivity index (χ0n) is 15.1. The van der Waals surface area contributed by atoms with Crippen molar-refractivity contribution in [2.45, 2.75) is 0 Å². The molecule has 0 radical (unpaired) electrons. The molecule has 0 spiro atoms. The molecule has 0 unspecified atom stereocenters. The molecule has 0 atom stereocenters. The van der Waals surface area contributed by atoms with E-state index in [1.807, 2.05) is 70.7 Å². The van der Waals surface area contributed by atoms with Crippen LogP contribution in [0.25, 0.3) is 10.8 Å². The van der Waals surface area contributed by atoms with E-state index >= 15 is 0 Å². The molecule has 0 saturated carbocycles. The number of nitrogens with zero attached hydrogens (tertiary/aromatic N) is 2. The fraction of sp³-hybridized carbons (Fsp3) is 0.190. The van der Waals surface area contributed by atoms with Crippen molar-refractivity contribution in [3.8, 4) is 0 Å². The molecule has 1 N–H and O–H groups in total. The average Bonchev–Trinajstić information content (AvgIpc) is 2.61. The number of nitrogens with one attached hydrogen (secondary N) is 1. The van der Waals surface area contributed by atoms with Crippen LogP contribution in [0.4, 0.5) is 17.1 Å². The Morgan fingerprint density at radius 3 is 2.04 bits per heavy atom. The summed E-state index contributed by atoms with van der Waals surface area (Å²) in [5, 5.41) is 5.21. The van der Waals surface area contributed by atoms with Crippen LogP contribution >= 0.6 is 0 Å². The second-order valence-electron chi connectivity index (χ2n) is 6.44. The van der Waals surface area contributed by atoms with Crippen LogP contribution in [0.1, 0.15) is 10.4 Å². The van der Waals surface area contributed by atoms with E-state index < -0.39 is 0 Å². The summed E-state index contributed by atoms with van der Waals surface area (Å²) in [6, 6.07) is 19.5. The highest BCUT2D eigenvalue weighted by molar-refractivity contribution is 6.14. The van der Waals surface area contributed by atoms with Gasteiger partial charge < -0.3 is 15.1 Å². The van der Waals surface area contributed by atoms with Gasteiger partial charge in [-0.2, -0.15) is 0 Å². The lowest BCUT2D eigenvalue weighted by Crippen LogP contribution is -2.15. The maximum Gasteiger partial charge on any atom is 0.255 e. The lowest BCUT2D eigenvalue weighted by molar-refractivity contribution is 0.102. The molecule has 4 heteroatoms. The van der Waals surface area contributed by atoms with Crippen LogP contribution in [-0.4, -0.2) is 34.1 Å². The summed E-state index contributed by atoms with van der Waals surface area (Å²) in [4.78, 5) is 16.8. The van der Waals surface area contributed by atoms with Gasteiger partial charge in [0.15, 0.2) is 0 Å². The van der Waals surface area contributed by atoms with Gasteiger partial charge in [-0.1, -0.05) is 30.3 Å². The Bertz CT molecular complexity index is 887. The molecule has 0 fully saturated rings. The van der Waals surface area contributed by atoms with Crippen molar-refractivity contribution in [2.75, 3.05) is 43.3 Å². The monoisotopic (exact) mass is 333 g/mol. The second kappa shape index (κ2) is 6.85. The first-order valence-electron chi connectivity index (χ1n) is 8.26. The van der Waals surface area contributed by atoms with Crippen molar-refractivity contribution < 1.29 is 4.79 Å². The van der Waals surface area contributed by atoms with Crippen LogP contribution in [0.5, 0.6) is 0 Å². The molecule has 25 heavy (non-hydrogen) atoms. The summed E-state index contributed by atoms with van der Waals surface area (Å²) < 4.78 is 0. The molecule has 0 saturated heterocycles. The number of hydrogen-bond acceptors (Lipinski definition) is 3. The fourth-order valence-electron chi connectivity index (χ4n) is 3.01. The highest BCUT2D eigenvalue weighted by atomic mass is 16.1. The van der Waals surface area contributed by atoms with Crippen LogP contribution < -0.4 is 15.1 Å². The molecular formula is C21H23N3O. The third-order valence-electron chi connectivity index (χ3n) is 4.24. The lowest BCUT2D eigenvalue weighted by atomic mass is 10.0. The zero-order chi connectivity index (χ0) is 18.0. The highest BCUT2D eigenvalue weighted by Gasteiger charge is 2.14. The lowest BCUT2D eigenvalue weighted by Gasteiger charge is -2.23. The predicted molar refractivity (Wildman–Crippen MR) is 107 cm³/mol. The van der Waals surface area contributed by atoms with Gasteiger partial charge in [0, 0.05) is 61.6 Å². The SMILES string of the molecule is CN(C)c1cccc2c(NC(=O)c3ccccc3)ccc(N(C)C)c12. The Balaban J connectivity index is 2.13. The maximum atomic E-state index is 12.6. The molecule has 3 aromatic carbocycles. The quantitative estimate of drug-likeness (QED) is 0.776. The smallest absolute Gasteiger partial charge is 0.255 e. The second-order valence-corrected chi connectivity index (χ2v) is 6.44. The van der Waals surface area contributed by atoms with E-state index in [1.165, 1.54) is 0 Å². The van der Waals surface area contributed by atoms with E-state index in [9.17, 15) is 4.79 Å². The molecule has 0 aromatic heterocycles. The van der Waals surface area contributed by atoms with Gasteiger partial charge in [-0.25, -0.2) is 0 Å². The number of fused-ring (bicyclic) bond motifs is 1. The third-order valence-corrected chi connectivity index (χ3v) is 4.24. The summed E-state index contributed by atoms with van der Waals surface area (Å²) in [6.45, 7) is 0. The van der Waals surface area contributed by atoms with Gasteiger partial charge in [-0.15, -0.1) is 0 Å². The first-order valence-corrected chi connectivity index (χ1v) is 8.26. The number of benzene rings is 3. The van der Waals surface area contributed by atoms with Gasteiger partial charge in [0.2, 0.25) is 0 Å². The Labute approximate surface area is 148 Å². The molecule has 3 aromatic rings. The predicted octanol–water partition coefficient (Wildman–Crippen LogP) is 4.22. The molecule has 0 heterocycles. The zero-order valence-corrected chi connectivity index (χ0v) is 15.1. The van der Waals surface area contributed by atoms with E-state index in [0.29, 0.717) is 5.56 Å². The van der Waals surface area contributed by atoms with Crippen molar-refractivity contribution >= 4 is 33.7 Å². The molecule has 4 nitrogen and oxygen atoms in total. The topological polar surface area (TPSA) is 35.6 Å². The minimum atomic E-state index is -0.102. The van der Waals surface area contributed by atoms with Crippen molar-refractivity contribution in [1.29, 1.82) is 0 Å². The molecule has 0 aliphatic carbocycles. The van der Waals surface area contributed by atoms with Crippen LogP contribution in [0.3, 0.4) is 0 Å². The average molecular weight is 333 g/mol. The maximum absolute atomic E-state index is 12.6. The van der Waals surface area contributed by atoms with Crippen molar-refractivity contribution in [2.24, 2.45) is 0 Å². The largest absolute Gasteiger partial charge is 0.377 e. The Morgan fingerprint density at radius 2 is 1.40 bits per heavy atom. The Kier molecular flexibility index (Phi) is 4.61. The van der Waals surface area contributed by atoms with Gasteiger partial charge in [0.1, 0.15) is 0 Å². The molecule has 1 amide bonds. The summed E-state index contributed by atoms with van der Waals surface area (Å²) in [5.74, 6) is -0.102. The molecule has 0 aliphatic heterocycles. The third kappa shape index (κ3) is 3.29. The number of carbonyl (C=O) groups is 1. The van der Waals surface area contributed by atoms with Crippen LogP contribution in [0, 0.1) is 0 Å². The van der Waals surface area contributed by atoms with Gasteiger partial charge in [-0.05, 0) is 30.3 Å². The van der Waals surface area contributed by atoms with E-state index in [1.54, 1.807) is 0 Å². The van der Waals surface area contributed by atoms with Crippen LogP contribution in [-0.2, 0) is 0 Å². The summed E-state index contributed by atoms with van der Waals surface area (Å²) in [5.41, 5.74) is 3.71. The number of carbonyl (C=O) groups excluding carboxylic acids is 1. The molecule has 128 valence electrons. The van der Waals surface area contributed by atoms with Crippen molar-refractivity contribution in [1.82, 2.24) is 0 Å². The summed E-state index contributed by atoms with van der Waals surface area (Å²) in [7, 11) is 8.12. The van der Waals surface area contributed by atoms with E-state index in [4.69, 9.17) is 0 Å². The Morgan fingerprint density at radius 1 is 0.760 bits per heavy atom. The van der Waals surface area contributed by atoms with Gasteiger partial charge in [0.25, 0.3) is 5.91 Å². The molecule has 3 rings (SSSR count). The van der Waals surface area contributed by atoms with Gasteiger partial charge >= 0.3 is 0 Å². The standard InChI is InChI=1S/C21H23N3O/c1-23(2)18-12-8-11-16-17(13-14-19(20(16)18)24(3)4)22-21(25)15-9-6-5-7-10-15/h5-14H,1-4H3,(H,22,25). The first kappa shape index (κ1) is 16.8. The van der Waals surface area contributed by atoms with Gasteiger partial charge in [0.05, 0.1) is 0 Å². The van der Waals surface area contributed by atoms with E-state index in [-0.39, 0.29) is 5.91 Å². The molecule has 0 aliphatic rings. The minimum Gasteiger partial charge on any atom is -0.377 e. The number of anilines is 3. The minimum absolute atomic E-state index is 0.102. The molecular weight excluding hydrogens is 310 g/mol. The van der Waals surface area contributed by atoms with Crippen molar-refractivity contribution in [3.63, 3.8) is 0 Å². The van der Waals surface area contributed by atoms with Crippen molar-refractivity contribution in [3.05, 3.63) is 66.2 Å². The summed E-state index contributed by atoms with van der Waals surface area (Å²) >= 11 is 0.